The largest absolute Gasteiger partial charge is 0.497 e. The van der Waals surface area contributed by atoms with Gasteiger partial charge in [-0.15, -0.1) is 11.3 Å². The van der Waals surface area contributed by atoms with Gasteiger partial charge in [-0.2, -0.15) is 5.26 Å². The third kappa shape index (κ3) is 5.33. The van der Waals surface area contributed by atoms with Crippen molar-refractivity contribution in [3.8, 4) is 11.8 Å². The van der Waals surface area contributed by atoms with Crippen LogP contribution >= 0.6 is 11.3 Å². The number of ether oxygens (including phenoxy) is 2. The number of hydrogen-bond acceptors (Lipinski definition) is 6. The van der Waals surface area contributed by atoms with Crippen molar-refractivity contribution in [3.63, 3.8) is 0 Å². The quantitative estimate of drug-likeness (QED) is 0.768. The van der Waals surface area contributed by atoms with Gasteiger partial charge >= 0.3 is 5.97 Å². The first-order chi connectivity index (χ1) is 12.0. The van der Waals surface area contributed by atoms with Gasteiger partial charge in [-0.3, -0.25) is 9.59 Å². The van der Waals surface area contributed by atoms with Crippen molar-refractivity contribution in [3.05, 3.63) is 46.8 Å². The fraction of sp³-hybridized carbons (Fsp3) is 0.278. The van der Waals surface area contributed by atoms with Crippen molar-refractivity contribution in [1.29, 1.82) is 5.26 Å². The van der Waals surface area contributed by atoms with Crippen LogP contribution in [0.4, 0.5) is 5.00 Å². The molecule has 1 atom stereocenters. The number of nitriles is 1. The zero-order chi connectivity index (χ0) is 18.2. The van der Waals surface area contributed by atoms with Gasteiger partial charge in [0.15, 0.2) is 6.10 Å². The summed E-state index contributed by atoms with van der Waals surface area (Å²) in [5.41, 5.74) is 1.36. The van der Waals surface area contributed by atoms with Crippen molar-refractivity contribution < 1.29 is 19.1 Å². The van der Waals surface area contributed by atoms with Crippen LogP contribution in [-0.2, 0) is 20.7 Å². The van der Waals surface area contributed by atoms with Crippen molar-refractivity contribution in [2.24, 2.45) is 0 Å². The number of carbonyl (C=O) groups is 2. The Bertz CT molecular complexity index is 777. The lowest BCUT2D eigenvalue weighted by Gasteiger charge is -2.13. The lowest BCUT2D eigenvalue weighted by Crippen LogP contribution is -2.30. The number of methoxy groups -OCH3 is 1. The zero-order valence-corrected chi connectivity index (χ0v) is 14.8. The smallest absolute Gasteiger partial charge is 0.306 e. The minimum atomic E-state index is -0.933. The summed E-state index contributed by atoms with van der Waals surface area (Å²) in [6.45, 7) is 1.50. The van der Waals surface area contributed by atoms with Gasteiger partial charge in [-0.1, -0.05) is 12.1 Å². The summed E-state index contributed by atoms with van der Waals surface area (Å²) in [7, 11) is 1.59. The maximum absolute atomic E-state index is 12.1. The van der Waals surface area contributed by atoms with E-state index in [9.17, 15) is 9.59 Å². The minimum Gasteiger partial charge on any atom is -0.497 e. The maximum atomic E-state index is 12.1. The number of carbonyl (C=O) groups excluding carboxylic acids is 2. The number of benzene rings is 1. The van der Waals surface area contributed by atoms with Crippen LogP contribution in [0.25, 0.3) is 0 Å². The van der Waals surface area contributed by atoms with Crippen LogP contribution in [0.5, 0.6) is 5.75 Å². The molecule has 130 valence electrons. The molecule has 0 aliphatic carbocycles. The SMILES string of the molecule is COc1ccc(CCC(=O)O[C@H](C)C(=O)Nc2sccc2C#N)cc1. The second-order valence-electron chi connectivity index (χ2n) is 5.24. The van der Waals surface area contributed by atoms with Gasteiger partial charge in [-0.05, 0) is 42.5 Å². The Morgan fingerprint density at radius 2 is 2.00 bits per heavy atom. The Morgan fingerprint density at radius 3 is 2.64 bits per heavy atom. The summed E-state index contributed by atoms with van der Waals surface area (Å²) in [6.07, 6.45) is -0.246. The fourth-order valence-corrected chi connectivity index (χ4v) is 2.80. The predicted molar refractivity (Wildman–Crippen MR) is 94.5 cm³/mol. The van der Waals surface area contributed by atoms with Crippen LogP contribution in [0.2, 0.25) is 0 Å². The Labute approximate surface area is 150 Å². The van der Waals surface area contributed by atoms with Crippen molar-refractivity contribution in [1.82, 2.24) is 0 Å². The molecule has 2 aromatic rings. The highest BCUT2D eigenvalue weighted by Gasteiger charge is 2.19. The molecule has 0 saturated carbocycles. The van der Waals surface area contributed by atoms with Gasteiger partial charge < -0.3 is 14.8 Å². The Balaban J connectivity index is 1.80. The number of hydrogen-bond donors (Lipinski definition) is 1. The van der Waals surface area contributed by atoms with E-state index in [-0.39, 0.29) is 6.42 Å². The molecule has 1 aromatic carbocycles. The maximum Gasteiger partial charge on any atom is 0.306 e. The first-order valence-corrected chi connectivity index (χ1v) is 8.52. The molecule has 0 aliphatic rings. The molecule has 0 saturated heterocycles. The topological polar surface area (TPSA) is 88.4 Å². The molecular formula is C18H18N2O4S. The van der Waals surface area contributed by atoms with Crippen LogP contribution < -0.4 is 10.1 Å². The average Bonchev–Trinajstić information content (AvgIpc) is 3.07. The summed E-state index contributed by atoms with van der Waals surface area (Å²) < 4.78 is 10.2. The molecule has 0 bridgehead atoms. The predicted octanol–water partition coefficient (Wildman–Crippen LogP) is 3.13. The van der Waals surface area contributed by atoms with Crippen LogP contribution in [0.3, 0.4) is 0 Å². The minimum absolute atomic E-state index is 0.173. The third-order valence-electron chi connectivity index (χ3n) is 3.48. The number of aryl methyl sites for hydroxylation is 1. The van der Waals surface area contributed by atoms with Gasteiger partial charge in [0.2, 0.25) is 0 Å². The van der Waals surface area contributed by atoms with E-state index >= 15 is 0 Å². The number of esters is 1. The van der Waals surface area contributed by atoms with Crippen molar-refractivity contribution in [2.75, 3.05) is 12.4 Å². The monoisotopic (exact) mass is 358 g/mol. The summed E-state index contributed by atoms with van der Waals surface area (Å²) in [5, 5.41) is 13.7. The third-order valence-corrected chi connectivity index (χ3v) is 4.31. The van der Waals surface area contributed by atoms with Crippen molar-refractivity contribution in [2.45, 2.75) is 25.9 Å². The lowest BCUT2D eigenvalue weighted by atomic mass is 10.1. The second kappa shape index (κ2) is 8.85. The van der Waals surface area contributed by atoms with E-state index in [4.69, 9.17) is 14.7 Å². The first-order valence-electron chi connectivity index (χ1n) is 7.64. The van der Waals surface area contributed by atoms with Crippen LogP contribution in [0.1, 0.15) is 24.5 Å². The molecule has 1 amide bonds. The number of nitrogens with one attached hydrogen (secondary N) is 1. The van der Waals surface area contributed by atoms with Gasteiger partial charge in [0, 0.05) is 6.42 Å². The van der Waals surface area contributed by atoms with E-state index < -0.39 is 18.0 Å². The summed E-state index contributed by atoms with van der Waals surface area (Å²) in [4.78, 5) is 24.0. The summed E-state index contributed by atoms with van der Waals surface area (Å²) in [5.74, 6) is -0.163. The normalized spacial score (nSPS) is 11.2. The Hall–Kier alpha value is -2.85. The zero-order valence-electron chi connectivity index (χ0n) is 13.9. The van der Waals surface area contributed by atoms with Crippen LogP contribution in [-0.4, -0.2) is 25.1 Å². The summed E-state index contributed by atoms with van der Waals surface area (Å²) in [6, 6.07) is 11.0. The Morgan fingerprint density at radius 1 is 1.28 bits per heavy atom. The molecule has 0 spiro atoms. The highest BCUT2D eigenvalue weighted by molar-refractivity contribution is 7.14. The van der Waals surface area contributed by atoms with E-state index in [0.29, 0.717) is 17.0 Å². The number of thiophene rings is 1. The number of amides is 1. The van der Waals surface area contributed by atoms with E-state index in [2.05, 4.69) is 5.32 Å². The second-order valence-corrected chi connectivity index (χ2v) is 6.16. The van der Waals surface area contributed by atoms with Gasteiger partial charge in [0.1, 0.15) is 16.8 Å². The molecule has 25 heavy (non-hydrogen) atoms. The average molecular weight is 358 g/mol. The van der Waals surface area contributed by atoms with E-state index in [1.807, 2.05) is 30.3 Å². The fourth-order valence-electron chi connectivity index (χ4n) is 2.06. The van der Waals surface area contributed by atoms with Crippen LogP contribution in [0.15, 0.2) is 35.7 Å². The standard InChI is InChI=1S/C18H18N2O4S/c1-12(17(22)20-18-14(11-19)9-10-25-18)24-16(21)8-5-13-3-6-15(23-2)7-4-13/h3-4,6-7,9-10,12H,5,8H2,1-2H3,(H,20,22)/t12-/m1/s1. The molecule has 0 aliphatic heterocycles. The van der Waals surface area contributed by atoms with E-state index in [1.165, 1.54) is 18.3 Å². The number of nitrogens with zero attached hydrogens (tertiary/aromatic N) is 1. The number of rotatable bonds is 7. The molecular weight excluding hydrogens is 340 g/mol. The summed E-state index contributed by atoms with van der Waals surface area (Å²) >= 11 is 1.24. The van der Waals surface area contributed by atoms with Gasteiger partial charge in [0.05, 0.1) is 12.7 Å². The molecule has 1 aromatic heterocycles. The van der Waals surface area contributed by atoms with Gasteiger partial charge in [-0.25, -0.2) is 0 Å². The molecule has 1 heterocycles. The molecule has 2 rings (SSSR count). The van der Waals surface area contributed by atoms with Crippen LogP contribution in [0, 0.1) is 11.3 Å². The van der Waals surface area contributed by atoms with E-state index in [0.717, 1.165) is 11.3 Å². The lowest BCUT2D eigenvalue weighted by molar-refractivity contribution is -0.153. The first kappa shape index (κ1) is 18.5. The molecule has 0 fully saturated rings. The van der Waals surface area contributed by atoms with E-state index in [1.54, 1.807) is 18.6 Å². The van der Waals surface area contributed by atoms with Gasteiger partial charge in [0.25, 0.3) is 5.91 Å². The molecule has 6 nitrogen and oxygen atoms in total. The van der Waals surface area contributed by atoms with Crippen molar-refractivity contribution >= 4 is 28.2 Å². The Kier molecular flexibility index (Phi) is 6.54. The highest BCUT2D eigenvalue weighted by atomic mass is 32.1. The molecule has 1 N–H and O–H groups in total. The number of anilines is 1. The molecule has 0 radical (unpaired) electrons. The highest BCUT2D eigenvalue weighted by Crippen LogP contribution is 2.22. The molecule has 7 heteroatoms. The molecule has 0 unspecified atom stereocenters.